The summed E-state index contributed by atoms with van der Waals surface area (Å²) in [5, 5.41) is 9.56. The van der Waals surface area contributed by atoms with Gasteiger partial charge in [-0.05, 0) is 44.0 Å². The first-order chi connectivity index (χ1) is 15.4. The van der Waals surface area contributed by atoms with Crippen molar-refractivity contribution in [2.24, 2.45) is 5.92 Å². The van der Waals surface area contributed by atoms with Crippen LogP contribution in [-0.2, 0) is 9.53 Å². The van der Waals surface area contributed by atoms with E-state index in [0.717, 1.165) is 41.7 Å². The predicted octanol–water partition coefficient (Wildman–Crippen LogP) is 4.92. The van der Waals surface area contributed by atoms with Crippen LogP contribution in [0.5, 0.6) is 0 Å². The average molecular weight is 460 g/mol. The maximum Gasteiger partial charge on any atom is 0.359 e. The molecule has 3 aromatic rings. The van der Waals surface area contributed by atoms with Crippen molar-refractivity contribution in [1.29, 1.82) is 0 Å². The number of fused-ring (bicyclic) bond motifs is 1. The molecular weight excluding hydrogens is 433 g/mol. The average Bonchev–Trinajstić information content (AvgIpc) is 3.19. The second-order valence-corrected chi connectivity index (χ2v) is 8.26. The highest BCUT2D eigenvalue weighted by Crippen LogP contribution is 2.31. The third-order valence-electron chi connectivity index (χ3n) is 5.07. The molecule has 1 N–H and O–H groups in total. The number of carbonyl (C=O) groups is 2. The Morgan fingerprint density at radius 3 is 2.41 bits per heavy atom. The van der Waals surface area contributed by atoms with Crippen molar-refractivity contribution in [2.45, 2.75) is 46.5 Å². The lowest BCUT2D eigenvalue weighted by atomic mass is 9.97. The summed E-state index contributed by atoms with van der Waals surface area (Å²) in [4.78, 5) is 38.8. The monoisotopic (exact) mass is 459 g/mol. The number of hydrogen-bond donors (Lipinski definition) is 1. The van der Waals surface area contributed by atoms with Crippen LogP contribution in [0.2, 0.25) is 0 Å². The van der Waals surface area contributed by atoms with Gasteiger partial charge in [0.2, 0.25) is 5.91 Å². The van der Waals surface area contributed by atoms with E-state index in [-0.39, 0.29) is 29.5 Å². The van der Waals surface area contributed by atoms with Crippen LogP contribution in [0.15, 0.2) is 34.4 Å². The fourth-order valence-electron chi connectivity index (χ4n) is 3.57. The first-order valence-electron chi connectivity index (χ1n) is 10.7. The molecule has 0 aliphatic carbocycles. The first-order valence-corrected chi connectivity index (χ1v) is 11.6. The lowest BCUT2D eigenvalue weighted by Crippen LogP contribution is -2.27. The van der Waals surface area contributed by atoms with E-state index in [2.05, 4.69) is 10.4 Å². The Morgan fingerprint density at radius 2 is 1.81 bits per heavy atom. The number of nitrogens with one attached hydrogen (secondary N) is 1. The van der Waals surface area contributed by atoms with Gasteiger partial charge in [-0.2, -0.15) is 9.78 Å². The maximum atomic E-state index is 13.4. The van der Waals surface area contributed by atoms with Crippen LogP contribution >= 0.6 is 11.3 Å². The molecule has 0 saturated carbocycles. The molecular formula is C23H26FN3O4S. The molecule has 0 aliphatic rings. The highest BCUT2D eigenvalue weighted by molar-refractivity contribution is 7.16. The number of benzene rings is 1. The van der Waals surface area contributed by atoms with Gasteiger partial charge in [0.1, 0.15) is 10.8 Å². The lowest BCUT2D eigenvalue weighted by molar-refractivity contribution is -0.120. The van der Waals surface area contributed by atoms with E-state index in [1.54, 1.807) is 12.3 Å². The molecule has 0 fully saturated rings. The van der Waals surface area contributed by atoms with Crippen LogP contribution in [0.1, 0.15) is 56.9 Å². The van der Waals surface area contributed by atoms with Gasteiger partial charge in [-0.1, -0.05) is 26.7 Å². The van der Waals surface area contributed by atoms with Gasteiger partial charge in [0.15, 0.2) is 5.69 Å². The highest BCUT2D eigenvalue weighted by Gasteiger charge is 2.24. The smallest absolute Gasteiger partial charge is 0.359 e. The number of nitrogens with zero attached hydrogens (tertiary/aromatic N) is 2. The molecule has 1 aromatic carbocycles. The second kappa shape index (κ2) is 10.5. The number of halogens is 1. The molecule has 0 atom stereocenters. The van der Waals surface area contributed by atoms with Crippen LogP contribution in [0.3, 0.4) is 0 Å². The predicted molar refractivity (Wildman–Crippen MR) is 123 cm³/mol. The Balaban J connectivity index is 2.15. The minimum Gasteiger partial charge on any atom is -0.461 e. The van der Waals surface area contributed by atoms with E-state index in [9.17, 15) is 18.8 Å². The van der Waals surface area contributed by atoms with Crippen molar-refractivity contribution in [3.63, 3.8) is 0 Å². The minimum absolute atomic E-state index is 0.0406. The second-order valence-electron chi connectivity index (χ2n) is 7.38. The van der Waals surface area contributed by atoms with E-state index in [0.29, 0.717) is 16.1 Å². The molecule has 7 nitrogen and oxygen atoms in total. The molecule has 0 bridgehead atoms. The van der Waals surface area contributed by atoms with Gasteiger partial charge in [0.05, 0.1) is 17.7 Å². The summed E-state index contributed by atoms with van der Waals surface area (Å²) >= 11 is 1.16. The van der Waals surface area contributed by atoms with Crippen molar-refractivity contribution in [1.82, 2.24) is 9.78 Å². The highest BCUT2D eigenvalue weighted by atomic mass is 32.1. The summed E-state index contributed by atoms with van der Waals surface area (Å²) in [5.74, 6) is -1.46. The summed E-state index contributed by atoms with van der Waals surface area (Å²) in [6.07, 6.45) is 3.24. The number of rotatable bonds is 9. The zero-order chi connectivity index (χ0) is 23.3. The Labute approximate surface area is 189 Å². The number of hydrogen-bond acceptors (Lipinski definition) is 6. The van der Waals surface area contributed by atoms with Crippen molar-refractivity contribution in [3.8, 4) is 5.69 Å². The quantitative estimate of drug-likeness (QED) is 0.459. The first kappa shape index (κ1) is 23.6. The molecule has 0 saturated heterocycles. The zero-order valence-electron chi connectivity index (χ0n) is 18.3. The van der Waals surface area contributed by atoms with Crippen molar-refractivity contribution in [2.75, 3.05) is 11.9 Å². The lowest BCUT2D eigenvalue weighted by Gasteiger charge is -2.15. The van der Waals surface area contributed by atoms with Crippen LogP contribution in [-0.4, -0.2) is 28.3 Å². The summed E-state index contributed by atoms with van der Waals surface area (Å²) in [5.41, 5.74) is -0.262. The molecule has 2 heterocycles. The molecule has 0 aliphatic heterocycles. The number of carbonyl (C=O) groups excluding carboxylic acids is 2. The maximum absolute atomic E-state index is 13.4. The van der Waals surface area contributed by atoms with E-state index in [4.69, 9.17) is 4.74 Å². The van der Waals surface area contributed by atoms with Gasteiger partial charge in [-0.25, -0.2) is 9.18 Å². The topological polar surface area (TPSA) is 90.3 Å². The number of amides is 1. The molecule has 9 heteroatoms. The molecule has 3 rings (SSSR count). The van der Waals surface area contributed by atoms with E-state index >= 15 is 0 Å². The van der Waals surface area contributed by atoms with Gasteiger partial charge >= 0.3 is 5.97 Å². The largest absolute Gasteiger partial charge is 0.461 e. The Kier molecular flexibility index (Phi) is 7.74. The zero-order valence-corrected chi connectivity index (χ0v) is 19.1. The molecule has 1 amide bonds. The third kappa shape index (κ3) is 4.88. The number of thiophene rings is 1. The van der Waals surface area contributed by atoms with Gasteiger partial charge in [0.25, 0.3) is 5.56 Å². The Morgan fingerprint density at radius 1 is 1.16 bits per heavy atom. The number of ether oxygens (including phenoxy) is 1. The van der Waals surface area contributed by atoms with Crippen molar-refractivity contribution < 1.29 is 18.7 Å². The fraction of sp³-hybridized carbons (Fsp3) is 0.391. The molecule has 0 radical (unpaired) electrons. The summed E-state index contributed by atoms with van der Waals surface area (Å²) in [7, 11) is 0. The number of aromatic nitrogens is 2. The van der Waals surface area contributed by atoms with Crippen molar-refractivity contribution >= 4 is 39.0 Å². The number of esters is 1. The summed E-state index contributed by atoms with van der Waals surface area (Å²) in [6.45, 7) is 5.86. The van der Waals surface area contributed by atoms with Gasteiger partial charge in [0, 0.05) is 16.7 Å². The molecule has 32 heavy (non-hydrogen) atoms. The molecule has 2 aromatic heterocycles. The molecule has 0 unspecified atom stereocenters. The standard InChI is InChI=1S/C23H26FN3O4S/c1-4-7-14(8-5-2)20(28)25-21-18-17(13-32-21)19(23(30)31-6-3)26-27(22(18)29)16-11-9-15(24)10-12-16/h9-14H,4-8H2,1-3H3,(H,25,28). The van der Waals surface area contributed by atoms with Gasteiger partial charge < -0.3 is 10.1 Å². The summed E-state index contributed by atoms with van der Waals surface area (Å²) in [6, 6.07) is 5.20. The van der Waals surface area contributed by atoms with E-state index in [1.807, 2.05) is 13.8 Å². The number of anilines is 1. The SMILES string of the molecule is CCCC(CCC)C(=O)Nc1scc2c(C(=O)OCC)nn(-c3ccc(F)cc3)c(=O)c12. The Bertz CT molecular complexity index is 1160. The van der Waals surface area contributed by atoms with Gasteiger partial charge in [-0.3, -0.25) is 9.59 Å². The molecule has 170 valence electrons. The van der Waals surface area contributed by atoms with Crippen LogP contribution in [0.4, 0.5) is 9.39 Å². The minimum atomic E-state index is -0.682. The fourth-order valence-corrected chi connectivity index (χ4v) is 4.51. The van der Waals surface area contributed by atoms with Crippen LogP contribution in [0, 0.1) is 11.7 Å². The third-order valence-corrected chi connectivity index (χ3v) is 5.97. The molecule has 0 spiro atoms. The summed E-state index contributed by atoms with van der Waals surface area (Å²) < 4.78 is 19.5. The van der Waals surface area contributed by atoms with Gasteiger partial charge in [-0.15, -0.1) is 11.3 Å². The Hall–Kier alpha value is -3.07. The van der Waals surface area contributed by atoms with E-state index in [1.165, 1.54) is 24.3 Å². The van der Waals surface area contributed by atoms with Crippen LogP contribution in [0.25, 0.3) is 16.5 Å². The normalized spacial score (nSPS) is 11.2. The van der Waals surface area contributed by atoms with Crippen LogP contribution < -0.4 is 10.9 Å². The van der Waals surface area contributed by atoms with Crippen molar-refractivity contribution in [3.05, 3.63) is 51.5 Å². The van der Waals surface area contributed by atoms with E-state index < -0.39 is 17.3 Å².